The van der Waals surface area contributed by atoms with Crippen LogP contribution < -0.4 is 5.32 Å². The van der Waals surface area contributed by atoms with Crippen LogP contribution >= 0.6 is 0 Å². The maximum absolute atomic E-state index is 11.1. The van der Waals surface area contributed by atoms with Gasteiger partial charge >= 0.3 is 0 Å². The third-order valence-corrected chi connectivity index (χ3v) is 5.32. The Morgan fingerprint density at radius 1 is 1.35 bits per heavy atom. The number of benzene rings is 1. The number of aromatic nitrogens is 4. The van der Waals surface area contributed by atoms with Gasteiger partial charge in [0.1, 0.15) is 5.69 Å². The number of nitrogens with zero attached hydrogens (tertiary/aromatic N) is 4. The highest BCUT2D eigenvalue weighted by molar-refractivity contribution is 5.96. The number of rotatable bonds is 3. The fourth-order valence-corrected chi connectivity index (χ4v) is 4.01. The number of carbonyl (C=O) groups is 1. The third kappa shape index (κ3) is 1.95. The molecule has 0 radical (unpaired) electrons. The Morgan fingerprint density at radius 3 is 3.04 bits per heavy atom. The fourth-order valence-electron chi connectivity index (χ4n) is 4.01. The Kier molecular flexibility index (Phi) is 3.16. The second-order valence-electron chi connectivity index (χ2n) is 6.81. The molecule has 6 heteroatoms. The summed E-state index contributed by atoms with van der Waals surface area (Å²) in [4.78, 5) is 15.9. The van der Waals surface area contributed by atoms with E-state index >= 15 is 0 Å². The van der Waals surface area contributed by atoms with Crippen LogP contribution in [0.15, 0.2) is 36.5 Å². The second-order valence-corrected chi connectivity index (χ2v) is 6.81. The number of hydrogen-bond acceptors (Lipinski definition) is 4. The van der Waals surface area contributed by atoms with E-state index in [0.29, 0.717) is 17.3 Å². The molecule has 1 N–H and O–H groups in total. The highest BCUT2D eigenvalue weighted by Crippen LogP contribution is 2.39. The molecule has 0 bridgehead atoms. The van der Waals surface area contributed by atoms with E-state index in [1.807, 2.05) is 6.92 Å². The summed E-state index contributed by atoms with van der Waals surface area (Å²) in [6.07, 6.45) is 3.42. The molecule has 26 heavy (non-hydrogen) atoms. The molecule has 4 aromatic rings. The van der Waals surface area contributed by atoms with Crippen LogP contribution in [0, 0.1) is 6.92 Å². The lowest BCUT2D eigenvalue weighted by Gasteiger charge is -2.28. The monoisotopic (exact) mass is 345 g/mol. The second kappa shape index (κ2) is 5.42. The van der Waals surface area contributed by atoms with Gasteiger partial charge < -0.3 is 9.88 Å². The van der Waals surface area contributed by atoms with E-state index < -0.39 is 0 Å². The lowest BCUT2D eigenvalue weighted by atomic mass is 10.1. The van der Waals surface area contributed by atoms with Crippen LogP contribution in [0.2, 0.25) is 0 Å². The zero-order chi connectivity index (χ0) is 17.8. The first-order valence-electron chi connectivity index (χ1n) is 8.90. The normalized spacial score (nSPS) is 16.2. The summed E-state index contributed by atoms with van der Waals surface area (Å²) in [6, 6.07) is 10.7. The molecular weight excluding hydrogens is 326 g/mol. The molecule has 0 saturated heterocycles. The highest BCUT2D eigenvalue weighted by atomic mass is 16.1. The van der Waals surface area contributed by atoms with Crippen molar-refractivity contribution in [2.45, 2.75) is 26.3 Å². The zero-order valence-electron chi connectivity index (χ0n) is 14.7. The van der Waals surface area contributed by atoms with Gasteiger partial charge in [0.2, 0.25) is 0 Å². The first-order valence-corrected chi connectivity index (χ1v) is 8.90. The molecule has 1 atom stereocenters. The minimum absolute atomic E-state index is 0.375. The Balaban J connectivity index is 1.83. The van der Waals surface area contributed by atoms with E-state index in [9.17, 15) is 4.79 Å². The molecule has 130 valence electrons. The topological polar surface area (TPSA) is 64.2 Å². The quantitative estimate of drug-likeness (QED) is 0.573. The van der Waals surface area contributed by atoms with Gasteiger partial charge in [-0.2, -0.15) is 5.10 Å². The predicted molar refractivity (Wildman–Crippen MR) is 102 cm³/mol. The molecule has 0 spiro atoms. The van der Waals surface area contributed by atoms with Crippen LogP contribution in [0.5, 0.6) is 0 Å². The van der Waals surface area contributed by atoms with E-state index in [1.165, 1.54) is 16.6 Å². The number of hydrogen-bond donors (Lipinski definition) is 1. The molecule has 1 aliphatic heterocycles. The number of fused-ring (bicyclic) bond motifs is 1. The van der Waals surface area contributed by atoms with Crippen molar-refractivity contribution in [1.29, 1.82) is 0 Å². The Morgan fingerprint density at radius 2 is 2.23 bits per heavy atom. The number of carbonyl (C=O) groups excluding carboxylic acids is 1. The largest absolute Gasteiger partial charge is 0.381 e. The van der Waals surface area contributed by atoms with Crippen molar-refractivity contribution < 1.29 is 4.79 Å². The first-order chi connectivity index (χ1) is 12.7. The Hall–Kier alpha value is -3.15. The van der Waals surface area contributed by atoms with Gasteiger partial charge in [-0.15, -0.1) is 0 Å². The summed E-state index contributed by atoms with van der Waals surface area (Å²) in [5.41, 5.74) is 6.64. The number of nitrogens with one attached hydrogen (secondary N) is 1. The van der Waals surface area contributed by atoms with Crippen molar-refractivity contribution in [3.63, 3.8) is 0 Å². The van der Waals surface area contributed by atoms with E-state index in [2.05, 4.69) is 46.2 Å². The molecule has 0 fully saturated rings. The maximum atomic E-state index is 11.1. The highest BCUT2D eigenvalue weighted by Gasteiger charge is 2.26. The van der Waals surface area contributed by atoms with Crippen LogP contribution in [0.25, 0.3) is 27.9 Å². The van der Waals surface area contributed by atoms with Gasteiger partial charge in [0.15, 0.2) is 11.9 Å². The lowest BCUT2D eigenvalue weighted by molar-refractivity contribution is 0.112. The molecule has 0 saturated carbocycles. The summed E-state index contributed by atoms with van der Waals surface area (Å²) >= 11 is 0. The van der Waals surface area contributed by atoms with Gasteiger partial charge in [0.05, 0.1) is 34.8 Å². The summed E-state index contributed by atoms with van der Waals surface area (Å²) < 4.78 is 4.22. The van der Waals surface area contributed by atoms with Crippen LogP contribution in [-0.4, -0.2) is 32.0 Å². The molecule has 1 aromatic carbocycles. The van der Waals surface area contributed by atoms with Crippen LogP contribution in [0.4, 0.5) is 5.69 Å². The molecule has 6 nitrogen and oxygen atoms in total. The van der Waals surface area contributed by atoms with E-state index in [0.717, 1.165) is 36.3 Å². The minimum atomic E-state index is 0.375. The van der Waals surface area contributed by atoms with E-state index in [4.69, 9.17) is 4.98 Å². The van der Waals surface area contributed by atoms with E-state index in [-0.39, 0.29) is 0 Å². The molecule has 0 amide bonds. The van der Waals surface area contributed by atoms with Crippen molar-refractivity contribution in [1.82, 2.24) is 19.2 Å². The first kappa shape index (κ1) is 15.1. The number of imidazole rings is 1. The fraction of sp³-hybridized carbons (Fsp3) is 0.250. The summed E-state index contributed by atoms with van der Waals surface area (Å²) in [5, 5.41) is 9.14. The Labute approximate surface area is 150 Å². The van der Waals surface area contributed by atoms with Gasteiger partial charge in [-0.05, 0) is 31.5 Å². The molecule has 0 aliphatic carbocycles. The summed E-state index contributed by atoms with van der Waals surface area (Å²) in [7, 11) is 0. The van der Waals surface area contributed by atoms with Crippen molar-refractivity contribution in [3.05, 3.63) is 47.8 Å². The van der Waals surface area contributed by atoms with Crippen molar-refractivity contribution in [2.75, 3.05) is 11.9 Å². The van der Waals surface area contributed by atoms with Crippen molar-refractivity contribution in [2.24, 2.45) is 0 Å². The standard InChI is InChI=1S/C20H19N5O/c1-3-15-10-21-16-6-4-5-14-8-17(24(15)20(14)16)19-12(2)25-18(23-19)7-13(11-26)9-22-25/h4-9,11,15,21H,3,10H2,1-2H3. The van der Waals surface area contributed by atoms with Crippen LogP contribution in [0.3, 0.4) is 0 Å². The average molecular weight is 345 g/mol. The van der Waals surface area contributed by atoms with Crippen molar-refractivity contribution >= 4 is 28.5 Å². The van der Waals surface area contributed by atoms with E-state index in [1.54, 1.807) is 16.8 Å². The summed E-state index contributed by atoms with van der Waals surface area (Å²) in [6.45, 7) is 5.14. The minimum Gasteiger partial charge on any atom is -0.381 e. The molecular formula is C20H19N5O. The van der Waals surface area contributed by atoms with Gasteiger partial charge in [0.25, 0.3) is 0 Å². The van der Waals surface area contributed by atoms with Gasteiger partial charge in [-0.25, -0.2) is 9.50 Å². The molecule has 3 aromatic heterocycles. The molecule has 1 aliphatic rings. The third-order valence-electron chi connectivity index (χ3n) is 5.32. The molecule has 1 unspecified atom stereocenters. The van der Waals surface area contributed by atoms with Crippen LogP contribution in [0.1, 0.15) is 35.4 Å². The number of aldehydes is 1. The number of para-hydroxylation sites is 1. The predicted octanol–water partition coefficient (Wildman–Crippen LogP) is 3.85. The van der Waals surface area contributed by atoms with Crippen molar-refractivity contribution in [3.8, 4) is 11.4 Å². The molecule has 4 heterocycles. The van der Waals surface area contributed by atoms with Gasteiger partial charge in [-0.1, -0.05) is 19.1 Å². The van der Waals surface area contributed by atoms with Gasteiger partial charge in [0, 0.05) is 17.5 Å². The Bertz CT molecular complexity index is 1170. The maximum Gasteiger partial charge on any atom is 0.155 e. The SMILES string of the molecule is CCC1CNc2cccc3cc(-c4nc5cc(C=O)cnn5c4C)n1c23. The molecule has 5 rings (SSSR count). The van der Waals surface area contributed by atoms with Crippen LogP contribution in [-0.2, 0) is 0 Å². The summed E-state index contributed by atoms with van der Waals surface area (Å²) in [5.74, 6) is 0. The lowest BCUT2D eigenvalue weighted by Crippen LogP contribution is -2.23. The zero-order valence-corrected chi connectivity index (χ0v) is 14.7. The number of anilines is 1. The number of aryl methyl sites for hydroxylation is 1. The smallest absolute Gasteiger partial charge is 0.155 e. The van der Waals surface area contributed by atoms with Gasteiger partial charge in [-0.3, -0.25) is 4.79 Å². The average Bonchev–Trinajstić information content (AvgIpc) is 3.21.